The van der Waals surface area contributed by atoms with Gasteiger partial charge in [-0.3, -0.25) is 0 Å². The number of hydrogen-bond acceptors (Lipinski definition) is 4. The predicted octanol–water partition coefficient (Wildman–Crippen LogP) is 1.30. The Morgan fingerprint density at radius 2 is 1.80 bits per heavy atom. The molecule has 15 heavy (non-hydrogen) atoms. The number of carbonyl (C=O) groups is 2. The zero-order valence-electron chi connectivity index (χ0n) is 8.24. The number of esters is 2. The molecule has 0 spiro atoms. The second-order valence-electron chi connectivity index (χ2n) is 2.42. The molecular weight excluding hydrogens is 210 g/mol. The number of allylic oxidation sites excluding steroid dienone is 1. The third-order valence-electron chi connectivity index (χ3n) is 1.23. The zero-order chi connectivity index (χ0) is 11.7. The number of rotatable bonds is 5. The van der Waals surface area contributed by atoms with Crippen molar-refractivity contribution in [2.45, 2.75) is 19.8 Å². The Bertz CT molecular complexity index is 238. The minimum absolute atomic E-state index is 0.0785. The first kappa shape index (κ1) is 13.5. The average molecular weight is 222 g/mol. The van der Waals surface area contributed by atoms with Gasteiger partial charge in [-0.05, 0) is 6.92 Å². The van der Waals surface area contributed by atoms with Crippen molar-refractivity contribution in [2.24, 2.45) is 0 Å². The van der Waals surface area contributed by atoms with Gasteiger partial charge >= 0.3 is 11.9 Å². The molecule has 0 atom stereocenters. The fraction of sp³-hybridized carbons (Fsp3) is 0.556. The van der Waals surface area contributed by atoms with Crippen molar-refractivity contribution < 1.29 is 27.8 Å². The number of carbonyl (C=O) groups excluding carboxylic acids is 2. The summed E-state index contributed by atoms with van der Waals surface area (Å²) in [5.41, 5.74) is 0. The van der Waals surface area contributed by atoms with E-state index in [1.165, 1.54) is 12.2 Å². The van der Waals surface area contributed by atoms with Gasteiger partial charge in [0.1, 0.15) is 6.61 Å². The van der Waals surface area contributed by atoms with Gasteiger partial charge in [0.05, 0.1) is 6.61 Å². The molecule has 0 aliphatic rings. The topological polar surface area (TPSA) is 52.6 Å². The van der Waals surface area contributed by atoms with Crippen LogP contribution >= 0.6 is 0 Å². The molecule has 0 fully saturated rings. The van der Waals surface area contributed by atoms with E-state index in [1.54, 1.807) is 6.92 Å². The van der Waals surface area contributed by atoms with E-state index in [1.807, 2.05) is 0 Å². The maximum Gasteiger partial charge on any atom is 0.417 e. The highest BCUT2D eigenvalue weighted by Gasteiger charge is 2.15. The third-order valence-corrected chi connectivity index (χ3v) is 1.23. The van der Waals surface area contributed by atoms with Gasteiger partial charge in [0.2, 0.25) is 6.43 Å². The molecule has 0 amide bonds. The Kier molecular flexibility index (Phi) is 7.13. The summed E-state index contributed by atoms with van der Waals surface area (Å²) in [6.45, 7) is 1.41. The van der Waals surface area contributed by atoms with Crippen LogP contribution < -0.4 is 0 Å². The van der Waals surface area contributed by atoms with Crippen LogP contribution in [0.1, 0.15) is 13.3 Å². The molecule has 86 valence electrons. The molecule has 0 rings (SSSR count). The van der Waals surface area contributed by atoms with Crippen molar-refractivity contribution in [1.29, 1.82) is 0 Å². The molecule has 0 saturated heterocycles. The van der Waals surface area contributed by atoms with Crippen LogP contribution in [0.2, 0.25) is 0 Å². The van der Waals surface area contributed by atoms with Crippen LogP contribution in [0.3, 0.4) is 0 Å². The smallest absolute Gasteiger partial charge is 0.417 e. The Hall–Kier alpha value is -1.46. The lowest BCUT2D eigenvalue weighted by molar-refractivity contribution is -0.166. The molecule has 0 aliphatic heterocycles. The molecular formula is C9H12F2O4. The molecule has 0 saturated carbocycles. The molecule has 0 aromatic heterocycles. The van der Waals surface area contributed by atoms with E-state index in [2.05, 4.69) is 9.47 Å². The van der Waals surface area contributed by atoms with Gasteiger partial charge < -0.3 is 9.47 Å². The average Bonchev–Trinajstić information content (AvgIpc) is 2.16. The first-order valence-electron chi connectivity index (χ1n) is 4.35. The molecule has 0 heterocycles. The first-order chi connectivity index (χ1) is 7.07. The minimum atomic E-state index is -2.43. The summed E-state index contributed by atoms with van der Waals surface area (Å²) in [7, 11) is 0. The Balaban J connectivity index is 3.63. The Morgan fingerprint density at radius 1 is 1.20 bits per heavy atom. The number of halogens is 2. The fourth-order valence-corrected chi connectivity index (χ4v) is 0.640. The van der Waals surface area contributed by atoms with Crippen molar-refractivity contribution in [1.82, 2.24) is 0 Å². The molecule has 0 aromatic rings. The summed E-state index contributed by atoms with van der Waals surface area (Å²) in [6, 6.07) is 0. The van der Waals surface area contributed by atoms with Gasteiger partial charge in [-0.2, -0.15) is 0 Å². The summed E-state index contributed by atoms with van der Waals surface area (Å²) in [6.07, 6.45) is -0.425. The highest BCUT2D eigenvalue weighted by Crippen LogP contribution is 1.99. The van der Waals surface area contributed by atoms with Crippen molar-refractivity contribution in [3.05, 3.63) is 12.2 Å². The fourth-order valence-electron chi connectivity index (χ4n) is 0.640. The van der Waals surface area contributed by atoms with Crippen molar-refractivity contribution in [2.75, 3.05) is 13.2 Å². The van der Waals surface area contributed by atoms with Gasteiger partial charge in [-0.15, -0.1) is 0 Å². The lowest BCUT2D eigenvalue weighted by atomic mass is 10.4. The van der Waals surface area contributed by atoms with E-state index >= 15 is 0 Å². The summed E-state index contributed by atoms with van der Waals surface area (Å²) in [5, 5.41) is 0. The van der Waals surface area contributed by atoms with Crippen LogP contribution in [0.25, 0.3) is 0 Å². The molecule has 0 N–H and O–H groups in total. The van der Waals surface area contributed by atoms with Crippen molar-refractivity contribution >= 4 is 11.9 Å². The van der Waals surface area contributed by atoms with Crippen LogP contribution in [0.4, 0.5) is 8.78 Å². The van der Waals surface area contributed by atoms with E-state index < -0.39 is 24.8 Å². The van der Waals surface area contributed by atoms with Gasteiger partial charge in [0.25, 0.3) is 0 Å². The summed E-state index contributed by atoms with van der Waals surface area (Å²) >= 11 is 0. The quantitative estimate of drug-likeness (QED) is 0.399. The monoisotopic (exact) mass is 222 g/mol. The van der Waals surface area contributed by atoms with Crippen LogP contribution in [0.5, 0.6) is 0 Å². The van der Waals surface area contributed by atoms with E-state index in [9.17, 15) is 18.4 Å². The first-order valence-corrected chi connectivity index (χ1v) is 4.35. The standard InChI is InChI=1S/C9H12F2O4/c1-2-14-8(12)9(13)15-6-4-3-5-7(10)11/h3-4,7H,2,5-6H2,1H3. The van der Waals surface area contributed by atoms with Crippen LogP contribution in [-0.2, 0) is 19.1 Å². The highest BCUT2D eigenvalue weighted by molar-refractivity contribution is 6.29. The second-order valence-corrected chi connectivity index (χ2v) is 2.42. The van der Waals surface area contributed by atoms with E-state index in [4.69, 9.17) is 0 Å². The van der Waals surface area contributed by atoms with Crippen LogP contribution in [-0.4, -0.2) is 31.6 Å². The van der Waals surface area contributed by atoms with E-state index in [0.717, 1.165) is 0 Å². The van der Waals surface area contributed by atoms with Crippen LogP contribution in [0.15, 0.2) is 12.2 Å². The number of hydrogen-bond donors (Lipinski definition) is 0. The largest absolute Gasteiger partial charge is 0.458 e. The molecule has 0 radical (unpaired) electrons. The van der Waals surface area contributed by atoms with Crippen LogP contribution in [0, 0.1) is 0 Å². The summed E-state index contributed by atoms with van der Waals surface area (Å²) < 4.78 is 32.0. The Labute approximate surface area is 85.9 Å². The molecule has 0 bridgehead atoms. The number of alkyl halides is 2. The molecule has 4 nitrogen and oxygen atoms in total. The molecule has 0 aliphatic carbocycles. The summed E-state index contributed by atoms with van der Waals surface area (Å²) in [4.78, 5) is 21.4. The van der Waals surface area contributed by atoms with E-state index in [0.29, 0.717) is 0 Å². The van der Waals surface area contributed by atoms with E-state index in [-0.39, 0.29) is 13.2 Å². The SMILES string of the molecule is CCOC(=O)C(=O)OCC=CCC(F)F. The lowest BCUT2D eigenvalue weighted by Gasteiger charge is -2.00. The maximum atomic E-state index is 11.6. The zero-order valence-corrected chi connectivity index (χ0v) is 8.24. The van der Waals surface area contributed by atoms with Gasteiger partial charge in [0, 0.05) is 6.42 Å². The third kappa shape index (κ3) is 7.60. The predicted molar refractivity (Wildman–Crippen MR) is 47.4 cm³/mol. The molecule has 0 aromatic carbocycles. The Morgan fingerprint density at radius 3 is 2.33 bits per heavy atom. The molecule has 0 unspecified atom stereocenters. The van der Waals surface area contributed by atoms with Crippen molar-refractivity contribution in [3.8, 4) is 0 Å². The minimum Gasteiger partial charge on any atom is -0.458 e. The summed E-state index contributed by atoms with van der Waals surface area (Å²) in [5.74, 6) is -2.21. The second kappa shape index (κ2) is 7.90. The van der Waals surface area contributed by atoms with Crippen molar-refractivity contribution in [3.63, 3.8) is 0 Å². The maximum absolute atomic E-state index is 11.6. The number of ether oxygens (including phenoxy) is 2. The molecule has 6 heteroatoms. The van der Waals surface area contributed by atoms with Gasteiger partial charge in [-0.1, -0.05) is 12.2 Å². The highest BCUT2D eigenvalue weighted by atomic mass is 19.3. The van der Waals surface area contributed by atoms with Gasteiger partial charge in [-0.25, -0.2) is 18.4 Å². The normalized spacial score (nSPS) is 10.7. The van der Waals surface area contributed by atoms with Gasteiger partial charge in [0.15, 0.2) is 0 Å². The lowest BCUT2D eigenvalue weighted by Crippen LogP contribution is -2.20.